The van der Waals surface area contributed by atoms with E-state index in [-0.39, 0.29) is 42.1 Å². The van der Waals surface area contributed by atoms with Crippen molar-refractivity contribution in [3.63, 3.8) is 0 Å². The molecule has 0 aliphatic carbocycles. The Morgan fingerprint density at radius 3 is 2.50 bits per heavy atom. The number of rotatable bonds is 3. The van der Waals surface area contributed by atoms with Gasteiger partial charge >= 0.3 is 6.18 Å². The molecule has 14 heteroatoms. The molecule has 0 saturated carbocycles. The van der Waals surface area contributed by atoms with Crippen LogP contribution in [-0.2, 0) is 27.8 Å². The molecule has 1 aromatic heterocycles. The van der Waals surface area contributed by atoms with Gasteiger partial charge in [-0.05, 0) is 24.6 Å². The van der Waals surface area contributed by atoms with E-state index in [1.807, 2.05) is 0 Å². The summed E-state index contributed by atoms with van der Waals surface area (Å²) in [5, 5.41) is 3.94. The predicted octanol–water partition coefficient (Wildman–Crippen LogP) is 2.65. The maximum absolute atomic E-state index is 14.2. The molecule has 7 nitrogen and oxygen atoms in total. The number of benzene rings is 1. The average molecular weight is 547 g/mol. The summed E-state index contributed by atoms with van der Waals surface area (Å²) in [6.45, 7) is 0.00134. The third-order valence-corrected chi connectivity index (χ3v) is 6.39. The molecule has 0 unspecified atom stereocenters. The van der Waals surface area contributed by atoms with Crippen molar-refractivity contribution in [2.45, 2.75) is 50.0 Å². The zero-order valence-corrected chi connectivity index (χ0v) is 19.1. The second-order valence-electron chi connectivity index (χ2n) is 7.79. The van der Waals surface area contributed by atoms with Crippen molar-refractivity contribution < 1.29 is 35.1 Å². The van der Waals surface area contributed by atoms with Gasteiger partial charge in [0.15, 0.2) is 6.10 Å². The SMILES string of the molecule is Br.CS(=O)(=O)n1cc2c(n1)CN([C@@H]1C[C@H](N)[C@@H](c3cc(F)ccc3F)O[C@@H]1C(F)(F)F)C2. The normalized spacial score (nSPS) is 26.6. The van der Waals surface area contributed by atoms with Crippen LogP contribution < -0.4 is 5.73 Å². The lowest BCUT2D eigenvalue weighted by Gasteiger charge is -2.44. The summed E-state index contributed by atoms with van der Waals surface area (Å²) in [5.41, 5.74) is 6.51. The molecule has 32 heavy (non-hydrogen) atoms. The van der Waals surface area contributed by atoms with Gasteiger partial charge in [0.25, 0.3) is 10.0 Å². The molecule has 0 radical (unpaired) electrons. The molecule has 178 valence electrons. The highest BCUT2D eigenvalue weighted by molar-refractivity contribution is 8.93. The highest BCUT2D eigenvalue weighted by Gasteiger charge is 2.54. The molecule has 4 rings (SSSR count). The van der Waals surface area contributed by atoms with Gasteiger partial charge in [-0.15, -0.1) is 17.0 Å². The number of ether oxygens (including phenoxy) is 1. The number of nitrogens with two attached hydrogens (primary N) is 1. The second kappa shape index (κ2) is 8.63. The Balaban J connectivity index is 0.00000289. The van der Waals surface area contributed by atoms with E-state index in [0.717, 1.165) is 28.5 Å². The van der Waals surface area contributed by atoms with Gasteiger partial charge in [0, 0.05) is 42.5 Å². The molecular formula is C18H20BrF5N4O3S. The molecule has 0 spiro atoms. The summed E-state index contributed by atoms with van der Waals surface area (Å²) in [7, 11) is -3.62. The molecule has 0 amide bonds. The standard InChI is InChI=1S/C18H19F5N4O3S.BrH/c1-31(28,29)27-7-9-6-26(8-14(9)25-27)15-5-13(24)16(30-17(15)18(21,22)23)11-4-10(19)2-3-12(11)20;/h2-4,7,13,15-17H,5-6,8,24H2,1H3;1H/t13-,15+,16+,17-;/m0./s1. The summed E-state index contributed by atoms with van der Waals surface area (Å²) in [6, 6.07) is 0.226. The van der Waals surface area contributed by atoms with Gasteiger partial charge in [-0.1, -0.05) is 0 Å². The van der Waals surface area contributed by atoms with Crippen LogP contribution in [0.15, 0.2) is 24.4 Å². The minimum absolute atomic E-state index is 0. The Morgan fingerprint density at radius 2 is 1.91 bits per heavy atom. The summed E-state index contributed by atoms with van der Waals surface area (Å²) in [6.07, 6.45) is -6.53. The third-order valence-electron chi connectivity index (χ3n) is 5.52. The van der Waals surface area contributed by atoms with Crippen LogP contribution in [0.3, 0.4) is 0 Å². The molecule has 2 aliphatic rings. The van der Waals surface area contributed by atoms with Crippen LogP contribution in [0.1, 0.15) is 29.3 Å². The molecule has 1 saturated heterocycles. The first kappa shape index (κ1) is 25.0. The molecule has 2 aromatic rings. The van der Waals surface area contributed by atoms with Crippen LogP contribution in [0.25, 0.3) is 0 Å². The van der Waals surface area contributed by atoms with E-state index in [2.05, 4.69) is 5.10 Å². The Kier molecular flexibility index (Phi) is 6.75. The fourth-order valence-electron chi connectivity index (χ4n) is 4.10. The van der Waals surface area contributed by atoms with Gasteiger partial charge < -0.3 is 10.5 Å². The highest BCUT2D eigenvalue weighted by Crippen LogP contribution is 2.42. The Bertz CT molecular complexity index is 1090. The number of nitrogens with zero attached hydrogens (tertiary/aromatic N) is 3. The van der Waals surface area contributed by atoms with Gasteiger partial charge in [-0.25, -0.2) is 17.2 Å². The fourth-order valence-corrected chi connectivity index (χ4v) is 4.67. The summed E-state index contributed by atoms with van der Waals surface area (Å²) >= 11 is 0. The van der Waals surface area contributed by atoms with E-state index >= 15 is 0 Å². The zero-order valence-electron chi connectivity index (χ0n) is 16.6. The minimum Gasteiger partial charge on any atom is -0.357 e. The van der Waals surface area contributed by atoms with Crippen LogP contribution >= 0.6 is 17.0 Å². The Hall–Kier alpha value is -1.61. The molecular weight excluding hydrogens is 527 g/mol. The highest BCUT2D eigenvalue weighted by atomic mass is 79.9. The first-order valence-electron chi connectivity index (χ1n) is 9.29. The van der Waals surface area contributed by atoms with E-state index in [9.17, 15) is 30.4 Å². The molecule has 4 atom stereocenters. The monoisotopic (exact) mass is 546 g/mol. The number of alkyl halides is 3. The average Bonchev–Trinajstić information content (AvgIpc) is 3.21. The second-order valence-corrected chi connectivity index (χ2v) is 9.63. The van der Waals surface area contributed by atoms with E-state index in [4.69, 9.17) is 10.5 Å². The summed E-state index contributed by atoms with van der Waals surface area (Å²) < 4.78 is 98.6. The van der Waals surface area contributed by atoms with Crippen LogP contribution in [0.2, 0.25) is 0 Å². The smallest absolute Gasteiger partial charge is 0.357 e. The van der Waals surface area contributed by atoms with E-state index in [1.54, 1.807) is 0 Å². The Labute approximate surface area is 191 Å². The van der Waals surface area contributed by atoms with E-state index < -0.39 is 52.1 Å². The van der Waals surface area contributed by atoms with Crippen molar-refractivity contribution in [3.05, 3.63) is 52.9 Å². The minimum atomic E-state index is -4.79. The number of halogens is 6. The van der Waals surface area contributed by atoms with Crippen LogP contribution in [0, 0.1) is 11.6 Å². The first-order chi connectivity index (χ1) is 14.3. The van der Waals surface area contributed by atoms with Gasteiger partial charge in [0.1, 0.15) is 17.7 Å². The maximum atomic E-state index is 14.2. The third kappa shape index (κ3) is 4.69. The summed E-state index contributed by atoms with van der Waals surface area (Å²) in [4.78, 5) is 1.46. The van der Waals surface area contributed by atoms with Crippen molar-refractivity contribution in [1.82, 2.24) is 14.1 Å². The lowest BCUT2D eigenvalue weighted by Crippen LogP contribution is -2.58. The van der Waals surface area contributed by atoms with E-state index in [0.29, 0.717) is 11.3 Å². The largest absolute Gasteiger partial charge is 0.416 e. The maximum Gasteiger partial charge on any atom is 0.416 e. The van der Waals surface area contributed by atoms with Crippen molar-refractivity contribution in [2.24, 2.45) is 5.73 Å². The number of aromatic nitrogens is 2. The van der Waals surface area contributed by atoms with Crippen molar-refractivity contribution in [2.75, 3.05) is 6.26 Å². The topological polar surface area (TPSA) is 90.5 Å². The lowest BCUT2D eigenvalue weighted by atomic mass is 9.89. The van der Waals surface area contributed by atoms with Crippen LogP contribution in [0.4, 0.5) is 22.0 Å². The quantitative estimate of drug-likeness (QED) is 0.595. The van der Waals surface area contributed by atoms with Crippen LogP contribution in [-0.4, -0.2) is 53.1 Å². The van der Waals surface area contributed by atoms with Crippen LogP contribution in [0.5, 0.6) is 0 Å². The van der Waals surface area contributed by atoms with Crippen molar-refractivity contribution in [1.29, 1.82) is 0 Å². The van der Waals surface area contributed by atoms with Gasteiger partial charge in [0.2, 0.25) is 0 Å². The zero-order chi connectivity index (χ0) is 22.7. The molecule has 2 N–H and O–H groups in total. The van der Waals surface area contributed by atoms with Gasteiger partial charge in [-0.3, -0.25) is 4.90 Å². The fraction of sp³-hybridized carbons (Fsp3) is 0.500. The summed E-state index contributed by atoms with van der Waals surface area (Å²) in [5.74, 6) is -1.72. The number of hydrogen-bond donors (Lipinski definition) is 1. The number of hydrogen-bond acceptors (Lipinski definition) is 6. The Morgan fingerprint density at radius 1 is 1.22 bits per heavy atom. The molecule has 2 aliphatic heterocycles. The van der Waals surface area contributed by atoms with E-state index in [1.165, 1.54) is 11.1 Å². The first-order valence-corrected chi connectivity index (χ1v) is 11.1. The lowest BCUT2D eigenvalue weighted by molar-refractivity contribution is -0.269. The van der Waals surface area contributed by atoms with Gasteiger partial charge in [-0.2, -0.15) is 22.4 Å². The molecule has 0 bridgehead atoms. The van der Waals surface area contributed by atoms with Crippen molar-refractivity contribution in [3.8, 4) is 0 Å². The van der Waals surface area contributed by atoms with Crippen molar-refractivity contribution >= 4 is 27.0 Å². The number of fused-ring (bicyclic) bond motifs is 1. The molecule has 3 heterocycles. The predicted molar refractivity (Wildman–Crippen MR) is 108 cm³/mol. The molecule has 1 aromatic carbocycles. The molecule has 1 fully saturated rings. The van der Waals surface area contributed by atoms with Gasteiger partial charge in [0.05, 0.1) is 11.9 Å².